The molecule has 0 aromatic carbocycles. The molecule has 0 unspecified atom stereocenters. The third-order valence-corrected chi connectivity index (χ3v) is 3.51. The van der Waals surface area contributed by atoms with E-state index in [1.165, 1.54) is 38.5 Å². The molecule has 0 amide bonds. The van der Waals surface area contributed by atoms with E-state index in [-0.39, 0.29) is 7.43 Å². The lowest BCUT2D eigenvalue weighted by molar-refractivity contribution is 0.367. The summed E-state index contributed by atoms with van der Waals surface area (Å²) in [6.07, 6.45) is 29.1. The van der Waals surface area contributed by atoms with E-state index in [1.54, 1.807) is 0 Å². The highest BCUT2D eigenvalue weighted by molar-refractivity contribution is 4.99. The van der Waals surface area contributed by atoms with Crippen molar-refractivity contribution in [2.24, 2.45) is 5.41 Å². The molecule has 0 bridgehead atoms. The molecule has 0 heteroatoms. The van der Waals surface area contributed by atoms with Gasteiger partial charge < -0.3 is 0 Å². The molecule has 0 atom stereocenters. The Morgan fingerprint density at radius 3 is 1.39 bits per heavy atom. The zero-order valence-electron chi connectivity index (χ0n) is 15.5. The van der Waals surface area contributed by atoms with Crippen molar-refractivity contribution in [1.82, 2.24) is 0 Å². The molecule has 0 N–H and O–H groups in total. The molecule has 0 fully saturated rings. The Balaban J connectivity index is 0. The number of rotatable bonds is 12. The van der Waals surface area contributed by atoms with Crippen LogP contribution < -0.4 is 0 Å². The van der Waals surface area contributed by atoms with Gasteiger partial charge in [-0.2, -0.15) is 0 Å². The molecule has 0 aromatic heterocycles. The van der Waals surface area contributed by atoms with Gasteiger partial charge in [0.2, 0.25) is 0 Å². The van der Waals surface area contributed by atoms with Crippen LogP contribution in [0.25, 0.3) is 0 Å². The Bertz CT molecular complexity index is 334. The molecule has 0 heterocycles. The van der Waals surface area contributed by atoms with Crippen LogP contribution in [0.1, 0.15) is 92.9 Å². The van der Waals surface area contributed by atoms with Gasteiger partial charge in [-0.3, -0.25) is 0 Å². The average Bonchev–Trinajstić information content (AvgIpc) is 2.45. The quantitative estimate of drug-likeness (QED) is 0.250. The highest BCUT2D eigenvalue weighted by Gasteiger charge is 2.07. The van der Waals surface area contributed by atoms with Crippen LogP contribution in [0.5, 0.6) is 0 Å². The van der Waals surface area contributed by atoms with Crippen molar-refractivity contribution in [1.29, 1.82) is 0 Å². The molecule has 134 valence electrons. The first-order chi connectivity index (χ1) is 10.6. The maximum atomic E-state index is 2.33. The monoisotopic (exact) mass is 318 g/mol. The van der Waals surface area contributed by atoms with Crippen LogP contribution in [0.2, 0.25) is 0 Å². The lowest BCUT2D eigenvalue weighted by atomic mass is 9.90. The molecule has 23 heavy (non-hydrogen) atoms. The topological polar surface area (TPSA) is 0 Å². The number of allylic oxidation sites excluding steroid dienone is 8. The first kappa shape index (κ1) is 24.2. The molecule has 0 aliphatic carbocycles. The third-order valence-electron chi connectivity index (χ3n) is 3.51. The molecule has 0 aromatic rings. The van der Waals surface area contributed by atoms with Gasteiger partial charge in [0.15, 0.2) is 0 Å². The van der Waals surface area contributed by atoms with Gasteiger partial charge in [-0.25, -0.2) is 0 Å². The first-order valence-electron chi connectivity index (χ1n) is 9.16. The Kier molecular flexibility index (Phi) is 18.2. The van der Waals surface area contributed by atoms with E-state index >= 15 is 0 Å². The van der Waals surface area contributed by atoms with Crippen LogP contribution in [0, 0.1) is 5.41 Å². The first-order valence-corrected chi connectivity index (χ1v) is 9.16. The van der Waals surface area contributed by atoms with Crippen molar-refractivity contribution in [2.75, 3.05) is 0 Å². The standard InChI is InChI=1S/C22H38.CH4/c1-5-6-7-8-9-10-11-12-13-14-15-16-17-18-19-20-21-22(2,3)4;/h8-9,11-12,14-15,17-18H,5-7,10,13,16,19-21H2,1-4H3;1H4/b9-8-,12-11-,15-14-,18-17-;. The number of unbranched alkanes of at least 4 members (excludes halogenated alkanes) is 3. The van der Waals surface area contributed by atoms with Gasteiger partial charge in [-0.15, -0.1) is 0 Å². The van der Waals surface area contributed by atoms with Crippen molar-refractivity contribution < 1.29 is 0 Å². The number of hydrogen-bond donors (Lipinski definition) is 0. The average molecular weight is 319 g/mol. The smallest absolute Gasteiger partial charge is 0.0169 e. The minimum atomic E-state index is 0. The zero-order valence-corrected chi connectivity index (χ0v) is 15.5. The SMILES string of the molecule is C.CCCC/C=C\C/C=C\C/C=C\C/C=C\CCCC(C)(C)C. The second kappa shape index (κ2) is 17.3. The zero-order chi connectivity index (χ0) is 16.5. The van der Waals surface area contributed by atoms with E-state index in [1.807, 2.05) is 0 Å². The van der Waals surface area contributed by atoms with Gasteiger partial charge in [-0.05, 0) is 50.4 Å². The van der Waals surface area contributed by atoms with Crippen molar-refractivity contribution in [3.63, 3.8) is 0 Å². The van der Waals surface area contributed by atoms with E-state index < -0.39 is 0 Å². The third kappa shape index (κ3) is 23.4. The second-order valence-electron chi connectivity index (χ2n) is 7.19. The molecule has 0 saturated carbocycles. The fraction of sp³-hybridized carbons (Fsp3) is 0.652. The fourth-order valence-electron chi connectivity index (χ4n) is 2.12. The van der Waals surface area contributed by atoms with Gasteiger partial charge in [0.25, 0.3) is 0 Å². The lowest BCUT2D eigenvalue weighted by Gasteiger charge is -2.16. The summed E-state index contributed by atoms with van der Waals surface area (Å²) >= 11 is 0. The van der Waals surface area contributed by atoms with Crippen molar-refractivity contribution >= 4 is 0 Å². The van der Waals surface area contributed by atoms with E-state index in [9.17, 15) is 0 Å². The van der Waals surface area contributed by atoms with Crippen molar-refractivity contribution in [3.8, 4) is 0 Å². The van der Waals surface area contributed by atoms with Crippen LogP contribution in [-0.2, 0) is 0 Å². The van der Waals surface area contributed by atoms with Crippen molar-refractivity contribution in [2.45, 2.75) is 92.9 Å². The summed E-state index contributed by atoms with van der Waals surface area (Å²) in [6, 6.07) is 0. The molecule has 0 saturated heterocycles. The van der Waals surface area contributed by atoms with Gasteiger partial charge in [0, 0.05) is 0 Å². The molecule has 0 aliphatic heterocycles. The molecular weight excluding hydrogens is 276 g/mol. The summed E-state index contributed by atoms with van der Waals surface area (Å²) in [5.41, 5.74) is 0.477. The summed E-state index contributed by atoms with van der Waals surface area (Å²) in [4.78, 5) is 0. The summed E-state index contributed by atoms with van der Waals surface area (Å²) in [7, 11) is 0. The highest BCUT2D eigenvalue weighted by Crippen LogP contribution is 2.21. The fourth-order valence-corrected chi connectivity index (χ4v) is 2.12. The van der Waals surface area contributed by atoms with Crippen LogP contribution in [-0.4, -0.2) is 0 Å². The maximum Gasteiger partial charge on any atom is -0.0169 e. The second-order valence-corrected chi connectivity index (χ2v) is 7.19. The van der Waals surface area contributed by atoms with Gasteiger partial charge in [0.05, 0.1) is 0 Å². The van der Waals surface area contributed by atoms with Gasteiger partial charge in [-0.1, -0.05) is 96.6 Å². The lowest BCUT2D eigenvalue weighted by Crippen LogP contribution is -2.03. The normalized spacial score (nSPS) is 12.9. The molecular formula is C23H42. The van der Waals surface area contributed by atoms with Crippen LogP contribution in [0.15, 0.2) is 48.6 Å². The summed E-state index contributed by atoms with van der Waals surface area (Å²) < 4.78 is 0. The van der Waals surface area contributed by atoms with E-state index in [0.717, 1.165) is 19.3 Å². The van der Waals surface area contributed by atoms with E-state index in [0.29, 0.717) is 5.41 Å². The van der Waals surface area contributed by atoms with Crippen molar-refractivity contribution in [3.05, 3.63) is 48.6 Å². The molecule has 0 spiro atoms. The van der Waals surface area contributed by atoms with Gasteiger partial charge in [0.1, 0.15) is 0 Å². The van der Waals surface area contributed by atoms with Crippen LogP contribution in [0.4, 0.5) is 0 Å². The maximum absolute atomic E-state index is 2.33. The molecule has 0 rings (SSSR count). The van der Waals surface area contributed by atoms with Gasteiger partial charge >= 0.3 is 0 Å². The van der Waals surface area contributed by atoms with Crippen LogP contribution >= 0.6 is 0 Å². The Labute approximate surface area is 147 Å². The van der Waals surface area contributed by atoms with E-state index in [4.69, 9.17) is 0 Å². The summed E-state index contributed by atoms with van der Waals surface area (Å²) in [6.45, 7) is 9.18. The molecule has 0 nitrogen and oxygen atoms in total. The van der Waals surface area contributed by atoms with E-state index in [2.05, 4.69) is 76.3 Å². The number of hydrogen-bond acceptors (Lipinski definition) is 0. The minimum Gasteiger partial charge on any atom is -0.0882 e. The minimum absolute atomic E-state index is 0. The Morgan fingerprint density at radius 2 is 1.00 bits per heavy atom. The largest absolute Gasteiger partial charge is 0.0882 e. The predicted molar refractivity (Wildman–Crippen MR) is 110 cm³/mol. The summed E-state index contributed by atoms with van der Waals surface area (Å²) in [5.74, 6) is 0. The predicted octanol–water partition coefficient (Wildman–Crippen LogP) is 8.42. The highest BCUT2D eigenvalue weighted by atomic mass is 14.1. The Morgan fingerprint density at radius 1 is 0.609 bits per heavy atom. The molecule has 0 radical (unpaired) electrons. The van der Waals surface area contributed by atoms with Crippen LogP contribution in [0.3, 0.4) is 0 Å². The Hall–Kier alpha value is -1.04. The summed E-state index contributed by atoms with van der Waals surface area (Å²) in [5, 5.41) is 0. The molecule has 0 aliphatic rings.